The maximum atomic E-state index is 13.8. The largest absolute Gasteiger partial charge is 0.461 e. The van der Waals surface area contributed by atoms with E-state index in [0.717, 1.165) is 18.0 Å². The Morgan fingerprint density at radius 2 is 1.83 bits per heavy atom. The number of rotatable bonds is 6. The van der Waals surface area contributed by atoms with Crippen LogP contribution in [0.2, 0.25) is 0 Å². The van der Waals surface area contributed by atoms with Gasteiger partial charge in [0.05, 0.1) is 12.8 Å². The second-order valence-corrected chi connectivity index (χ2v) is 4.55. The number of benzene rings is 1. The van der Waals surface area contributed by atoms with Crippen molar-refractivity contribution >= 4 is 11.7 Å². The van der Waals surface area contributed by atoms with Crippen LogP contribution in [0.5, 0.6) is 11.5 Å². The highest BCUT2D eigenvalue weighted by molar-refractivity contribution is 5.78. The Morgan fingerprint density at radius 1 is 1.17 bits per heavy atom. The third-order valence-electron chi connectivity index (χ3n) is 2.97. The summed E-state index contributed by atoms with van der Waals surface area (Å²) in [6.07, 6.45) is 1.13. The highest BCUT2D eigenvalue weighted by atomic mass is 19.3. The Labute approximate surface area is 132 Å². The van der Waals surface area contributed by atoms with E-state index in [-0.39, 0.29) is 12.4 Å². The molecular formula is C16H16F2N2O3. The molecule has 0 bridgehead atoms. The van der Waals surface area contributed by atoms with Crippen molar-refractivity contribution < 1.29 is 23.0 Å². The minimum Gasteiger partial charge on any atom is -0.461 e. The van der Waals surface area contributed by atoms with Crippen LogP contribution in [0, 0.1) is 0 Å². The zero-order chi connectivity index (χ0) is 16.9. The van der Waals surface area contributed by atoms with Crippen molar-refractivity contribution in [1.82, 2.24) is 4.98 Å². The van der Waals surface area contributed by atoms with Crippen LogP contribution in [0.15, 0.2) is 42.6 Å². The minimum atomic E-state index is -3.79. The van der Waals surface area contributed by atoms with Gasteiger partial charge >= 0.3 is 11.9 Å². The smallest absolute Gasteiger partial charge is 0.384 e. The van der Waals surface area contributed by atoms with Gasteiger partial charge in [0.1, 0.15) is 17.2 Å². The van der Waals surface area contributed by atoms with Gasteiger partial charge in [0.25, 0.3) is 0 Å². The number of alkyl halides is 2. The Kier molecular flexibility index (Phi) is 5.10. The molecule has 7 heteroatoms. The number of hydrogen-bond acceptors (Lipinski definition) is 5. The molecule has 1 aromatic heterocycles. The van der Waals surface area contributed by atoms with Crippen LogP contribution in [0.3, 0.4) is 0 Å². The van der Waals surface area contributed by atoms with Crippen molar-refractivity contribution in [2.45, 2.75) is 12.8 Å². The van der Waals surface area contributed by atoms with Crippen molar-refractivity contribution in [2.75, 3.05) is 19.0 Å². The van der Waals surface area contributed by atoms with Crippen LogP contribution in [0.25, 0.3) is 0 Å². The molecule has 1 heterocycles. The van der Waals surface area contributed by atoms with E-state index in [1.807, 2.05) is 12.1 Å². The topological polar surface area (TPSA) is 60.5 Å². The van der Waals surface area contributed by atoms with E-state index >= 15 is 0 Å². The first-order valence-electron chi connectivity index (χ1n) is 6.94. The van der Waals surface area contributed by atoms with Gasteiger partial charge in [-0.1, -0.05) is 0 Å². The number of anilines is 1. The summed E-state index contributed by atoms with van der Waals surface area (Å²) in [6, 6.07) is 9.44. The van der Waals surface area contributed by atoms with Crippen molar-refractivity contribution in [3.63, 3.8) is 0 Å². The lowest BCUT2D eigenvalue weighted by Crippen LogP contribution is -2.29. The molecule has 0 fully saturated rings. The molecule has 5 nitrogen and oxygen atoms in total. The molecule has 0 saturated heterocycles. The average molecular weight is 322 g/mol. The van der Waals surface area contributed by atoms with Crippen molar-refractivity contribution in [2.24, 2.45) is 0 Å². The van der Waals surface area contributed by atoms with E-state index in [1.165, 1.54) is 13.0 Å². The van der Waals surface area contributed by atoms with Crippen LogP contribution in [-0.2, 0) is 15.5 Å². The molecule has 0 aliphatic rings. The second kappa shape index (κ2) is 7.04. The molecule has 0 radical (unpaired) electrons. The van der Waals surface area contributed by atoms with Crippen LogP contribution < -0.4 is 10.1 Å². The van der Waals surface area contributed by atoms with Crippen molar-refractivity contribution in [1.29, 1.82) is 0 Å². The minimum absolute atomic E-state index is 0.127. The van der Waals surface area contributed by atoms with Gasteiger partial charge in [-0.3, -0.25) is 4.98 Å². The molecule has 2 aromatic rings. The number of halogens is 2. The monoisotopic (exact) mass is 322 g/mol. The Balaban J connectivity index is 2.10. The lowest BCUT2D eigenvalue weighted by Gasteiger charge is -2.14. The Morgan fingerprint density at radius 3 is 2.35 bits per heavy atom. The van der Waals surface area contributed by atoms with Gasteiger partial charge in [0.15, 0.2) is 0 Å². The van der Waals surface area contributed by atoms with Gasteiger partial charge in [0.2, 0.25) is 0 Å². The summed E-state index contributed by atoms with van der Waals surface area (Å²) in [5, 5.41) is 2.97. The van der Waals surface area contributed by atoms with Gasteiger partial charge in [0, 0.05) is 12.7 Å². The summed E-state index contributed by atoms with van der Waals surface area (Å²) in [6.45, 7) is 1.33. The first-order chi connectivity index (χ1) is 11.0. The summed E-state index contributed by atoms with van der Waals surface area (Å²) in [7, 11) is 1.79. The average Bonchev–Trinajstić information content (AvgIpc) is 2.56. The number of hydrogen-bond donors (Lipinski definition) is 1. The summed E-state index contributed by atoms with van der Waals surface area (Å²) in [5.41, 5.74) is 0.230. The first-order valence-corrected chi connectivity index (χ1v) is 6.94. The van der Waals surface area contributed by atoms with E-state index in [2.05, 4.69) is 15.0 Å². The lowest BCUT2D eigenvalue weighted by molar-refractivity contribution is -0.173. The normalized spacial score (nSPS) is 11.0. The van der Waals surface area contributed by atoms with Gasteiger partial charge in [-0.25, -0.2) is 4.79 Å². The molecule has 1 N–H and O–H groups in total. The number of carbonyl (C=O) groups excluding carboxylic acids is 1. The molecule has 0 aliphatic carbocycles. The molecule has 23 heavy (non-hydrogen) atoms. The lowest BCUT2D eigenvalue weighted by atomic mass is 10.2. The van der Waals surface area contributed by atoms with Gasteiger partial charge in [-0.2, -0.15) is 8.78 Å². The SMILES string of the molecule is CCOC(=O)C(F)(F)c1ccc(Oc2ccc(NC)cc2)cn1. The molecule has 0 unspecified atom stereocenters. The molecule has 0 saturated carbocycles. The quantitative estimate of drug-likeness (QED) is 0.824. The number of esters is 1. The first kappa shape index (κ1) is 16.7. The fourth-order valence-corrected chi connectivity index (χ4v) is 1.78. The van der Waals surface area contributed by atoms with E-state index < -0.39 is 17.6 Å². The Bertz CT molecular complexity index is 658. The van der Waals surface area contributed by atoms with Crippen molar-refractivity contribution in [3.05, 3.63) is 48.3 Å². The summed E-state index contributed by atoms with van der Waals surface area (Å²) < 4.78 is 37.4. The third-order valence-corrected chi connectivity index (χ3v) is 2.97. The molecule has 0 spiro atoms. The van der Waals surface area contributed by atoms with Crippen LogP contribution in [-0.4, -0.2) is 24.6 Å². The fraction of sp³-hybridized carbons (Fsp3) is 0.250. The maximum Gasteiger partial charge on any atom is 0.384 e. The molecule has 1 aromatic carbocycles. The van der Waals surface area contributed by atoms with Crippen LogP contribution in [0.4, 0.5) is 14.5 Å². The molecule has 2 rings (SSSR count). The summed E-state index contributed by atoms with van der Waals surface area (Å²) in [5.74, 6) is -4.59. The highest BCUT2D eigenvalue weighted by Gasteiger charge is 2.44. The van der Waals surface area contributed by atoms with E-state index in [1.54, 1.807) is 19.2 Å². The number of nitrogens with zero attached hydrogens (tertiary/aromatic N) is 1. The Hall–Kier alpha value is -2.70. The summed E-state index contributed by atoms with van der Waals surface area (Å²) >= 11 is 0. The fourth-order valence-electron chi connectivity index (χ4n) is 1.78. The zero-order valence-corrected chi connectivity index (χ0v) is 12.7. The number of ether oxygens (including phenoxy) is 2. The number of aromatic nitrogens is 1. The van der Waals surface area contributed by atoms with Crippen LogP contribution >= 0.6 is 0 Å². The molecule has 122 valence electrons. The number of pyridine rings is 1. The van der Waals surface area contributed by atoms with E-state index in [0.29, 0.717) is 5.75 Å². The van der Waals surface area contributed by atoms with Gasteiger partial charge in [-0.15, -0.1) is 0 Å². The molecule has 0 aliphatic heterocycles. The predicted molar refractivity (Wildman–Crippen MR) is 80.8 cm³/mol. The highest BCUT2D eigenvalue weighted by Crippen LogP contribution is 2.30. The van der Waals surface area contributed by atoms with Gasteiger partial charge < -0.3 is 14.8 Å². The van der Waals surface area contributed by atoms with Crippen molar-refractivity contribution in [3.8, 4) is 11.5 Å². The zero-order valence-electron chi connectivity index (χ0n) is 12.7. The van der Waals surface area contributed by atoms with E-state index in [9.17, 15) is 13.6 Å². The van der Waals surface area contributed by atoms with Gasteiger partial charge in [-0.05, 0) is 43.3 Å². The molecule has 0 amide bonds. The number of nitrogens with one attached hydrogen (secondary N) is 1. The maximum absolute atomic E-state index is 13.8. The second-order valence-electron chi connectivity index (χ2n) is 4.55. The summed E-state index contributed by atoms with van der Waals surface area (Å²) in [4.78, 5) is 14.8. The third kappa shape index (κ3) is 3.94. The molecule has 0 atom stereocenters. The van der Waals surface area contributed by atoms with Crippen LogP contribution in [0.1, 0.15) is 12.6 Å². The molecular weight excluding hydrogens is 306 g/mol. The van der Waals surface area contributed by atoms with E-state index in [4.69, 9.17) is 4.74 Å². The predicted octanol–water partition coefficient (Wildman–Crippen LogP) is 3.57. The number of carbonyl (C=O) groups is 1. The standard InChI is InChI=1S/C16H16F2N2O3/c1-3-22-15(21)16(17,18)14-9-8-13(10-20-14)23-12-6-4-11(19-2)5-7-12/h4-10,19H,3H2,1-2H3.